The minimum Gasteiger partial charge on any atom is -0.359 e. The molecule has 5 nitrogen and oxygen atoms in total. The molecular weight excluding hydrogens is 250 g/mol. The van der Waals surface area contributed by atoms with Crippen LogP contribution in [0.1, 0.15) is 11.5 Å². The summed E-state index contributed by atoms with van der Waals surface area (Å²) < 4.78 is 5.00. The lowest BCUT2D eigenvalue weighted by molar-refractivity contribution is -0.118. The van der Waals surface area contributed by atoms with Gasteiger partial charge in [0.05, 0.1) is 18.0 Å². The normalized spacial score (nSPS) is 10.3. The summed E-state index contributed by atoms with van der Waals surface area (Å²) in [6.07, 6.45) is 3.41. The largest absolute Gasteiger partial charge is 0.359 e. The molecule has 0 fully saturated rings. The van der Waals surface area contributed by atoms with E-state index in [0.29, 0.717) is 18.1 Å². The van der Waals surface area contributed by atoms with Crippen LogP contribution in [0.2, 0.25) is 0 Å². The number of nitrogens with one attached hydrogen (secondary N) is 1. The van der Waals surface area contributed by atoms with Crippen LogP contribution in [0, 0.1) is 6.92 Å². The van der Waals surface area contributed by atoms with Gasteiger partial charge < -0.3 is 9.84 Å². The molecule has 1 amide bonds. The molecule has 18 heavy (non-hydrogen) atoms. The Bertz CT molecular complexity index is 513. The first kappa shape index (κ1) is 12.6. The summed E-state index contributed by atoms with van der Waals surface area (Å²) in [5.74, 6) is 0.998. The fourth-order valence-corrected chi connectivity index (χ4v) is 2.03. The van der Waals surface area contributed by atoms with Crippen molar-refractivity contribution in [3.8, 4) is 0 Å². The molecule has 0 aliphatic carbocycles. The van der Waals surface area contributed by atoms with Crippen molar-refractivity contribution in [1.29, 1.82) is 0 Å². The highest BCUT2D eigenvalue weighted by Gasteiger charge is 2.05. The SMILES string of the molecule is Cc1cc(CNC(=O)CSc2ccncc2)on1. The number of thioether (sulfide) groups is 1. The van der Waals surface area contributed by atoms with Crippen LogP contribution in [0.15, 0.2) is 40.0 Å². The topological polar surface area (TPSA) is 68.0 Å². The van der Waals surface area contributed by atoms with E-state index < -0.39 is 0 Å². The predicted molar refractivity (Wildman–Crippen MR) is 68.0 cm³/mol. The van der Waals surface area contributed by atoms with Crippen molar-refractivity contribution in [2.24, 2.45) is 0 Å². The Kier molecular flexibility index (Phi) is 4.35. The zero-order chi connectivity index (χ0) is 12.8. The van der Waals surface area contributed by atoms with Crippen molar-refractivity contribution in [3.63, 3.8) is 0 Å². The van der Waals surface area contributed by atoms with E-state index in [9.17, 15) is 4.79 Å². The summed E-state index contributed by atoms with van der Waals surface area (Å²) in [5.41, 5.74) is 0.811. The number of aryl methyl sites for hydroxylation is 1. The third-order valence-corrected chi connectivity index (χ3v) is 3.17. The van der Waals surface area contributed by atoms with Crippen LogP contribution >= 0.6 is 11.8 Å². The monoisotopic (exact) mass is 263 g/mol. The first-order valence-electron chi connectivity index (χ1n) is 5.46. The zero-order valence-electron chi connectivity index (χ0n) is 9.92. The summed E-state index contributed by atoms with van der Waals surface area (Å²) in [6, 6.07) is 5.55. The fourth-order valence-electron chi connectivity index (χ4n) is 1.32. The molecule has 2 heterocycles. The molecule has 94 valence electrons. The van der Waals surface area contributed by atoms with Gasteiger partial charge in [-0.25, -0.2) is 0 Å². The van der Waals surface area contributed by atoms with Crippen LogP contribution in [-0.4, -0.2) is 21.8 Å². The second-order valence-corrected chi connectivity index (χ2v) is 4.73. The predicted octanol–water partition coefficient (Wildman–Crippen LogP) is 1.79. The Morgan fingerprint density at radius 3 is 2.89 bits per heavy atom. The zero-order valence-corrected chi connectivity index (χ0v) is 10.7. The average molecular weight is 263 g/mol. The Labute approximate surface area is 109 Å². The fraction of sp³-hybridized carbons (Fsp3) is 0.250. The van der Waals surface area contributed by atoms with Gasteiger partial charge >= 0.3 is 0 Å². The highest BCUT2D eigenvalue weighted by molar-refractivity contribution is 8.00. The van der Waals surface area contributed by atoms with Gasteiger partial charge in [-0.2, -0.15) is 0 Å². The van der Waals surface area contributed by atoms with Crippen LogP contribution in [0.3, 0.4) is 0 Å². The Morgan fingerprint density at radius 1 is 1.44 bits per heavy atom. The average Bonchev–Trinajstić information content (AvgIpc) is 2.81. The summed E-state index contributed by atoms with van der Waals surface area (Å²) in [5, 5.41) is 6.52. The van der Waals surface area contributed by atoms with Gasteiger partial charge in [0, 0.05) is 23.4 Å². The molecule has 0 aromatic carbocycles. The molecule has 2 aromatic heterocycles. The summed E-state index contributed by atoms with van der Waals surface area (Å²) >= 11 is 1.47. The summed E-state index contributed by atoms with van der Waals surface area (Å²) in [6.45, 7) is 2.21. The Balaban J connectivity index is 1.73. The molecule has 1 N–H and O–H groups in total. The van der Waals surface area contributed by atoms with E-state index in [2.05, 4.69) is 15.5 Å². The lowest BCUT2D eigenvalue weighted by Crippen LogP contribution is -2.24. The van der Waals surface area contributed by atoms with Crippen molar-refractivity contribution in [2.45, 2.75) is 18.4 Å². The molecule has 0 bridgehead atoms. The quantitative estimate of drug-likeness (QED) is 0.833. The summed E-state index contributed by atoms with van der Waals surface area (Å²) in [4.78, 5) is 16.5. The van der Waals surface area contributed by atoms with Gasteiger partial charge in [-0.05, 0) is 19.1 Å². The third-order valence-electron chi connectivity index (χ3n) is 2.16. The second-order valence-electron chi connectivity index (χ2n) is 3.68. The van der Waals surface area contributed by atoms with E-state index in [1.165, 1.54) is 11.8 Å². The third kappa shape index (κ3) is 3.89. The summed E-state index contributed by atoms with van der Waals surface area (Å²) in [7, 11) is 0. The molecule has 0 spiro atoms. The van der Waals surface area contributed by atoms with Gasteiger partial charge in [0.25, 0.3) is 0 Å². The van der Waals surface area contributed by atoms with Crippen molar-refractivity contribution >= 4 is 17.7 Å². The first-order chi connectivity index (χ1) is 8.74. The molecule has 0 radical (unpaired) electrons. The molecule has 0 saturated carbocycles. The molecule has 2 aromatic rings. The van der Waals surface area contributed by atoms with Crippen LogP contribution in [0.4, 0.5) is 0 Å². The van der Waals surface area contributed by atoms with E-state index in [-0.39, 0.29) is 5.91 Å². The molecule has 0 saturated heterocycles. The maximum atomic E-state index is 11.6. The molecular formula is C12H13N3O2S. The number of amides is 1. The van der Waals surface area contributed by atoms with Gasteiger partial charge in [-0.3, -0.25) is 9.78 Å². The lowest BCUT2D eigenvalue weighted by Gasteiger charge is -2.02. The Morgan fingerprint density at radius 2 is 2.22 bits per heavy atom. The number of nitrogens with zero attached hydrogens (tertiary/aromatic N) is 2. The van der Waals surface area contributed by atoms with E-state index >= 15 is 0 Å². The maximum Gasteiger partial charge on any atom is 0.230 e. The smallest absolute Gasteiger partial charge is 0.230 e. The number of carbonyl (C=O) groups excluding carboxylic acids is 1. The molecule has 0 atom stereocenters. The number of hydrogen-bond acceptors (Lipinski definition) is 5. The van der Waals surface area contributed by atoms with E-state index in [0.717, 1.165) is 10.6 Å². The van der Waals surface area contributed by atoms with Crippen LogP contribution in [0.5, 0.6) is 0 Å². The lowest BCUT2D eigenvalue weighted by atomic mass is 10.4. The number of rotatable bonds is 5. The van der Waals surface area contributed by atoms with Crippen molar-refractivity contribution in [1.82, 2.24) is 15.5 Å². The number of aromatic nitrogens is 2. The maximum absolute atomic E-state index is 11.6. The molecule has 6 heteroatoms. The van der Waals surface area contributed by atoms with Crippen molar-refractivity contribution in [3.05, 3.63) is 42.0 Å². The minimum absolute atomic E-state index is 0.0362. The molecule has 0 aliphatic rings. The number of hydrogen-bond donors (Lipinski definition) is 1. The van der Waals surface area contributed by atoms with E-state index in [4.69, 9.17) is 4.52 Å². The van der Waals surface area contributed by atoms with Crippen molar-refractivity contribution in [2.75, 3.05) is 5.75 Å². The number of carbonyl (C=O) groups is 1. The minimum atomic E-state index is -0.0362. The van der Waals surface area contributed by atoms with Gasteiger partial charge in [0.1, 0.15) is 0 Å². The molecule has 0 aliphatic heterocycles. The van der Waals surface area contributed by atoms with Gasteiger partial charge in [-0.1, -0.05) is 5.16 Å². The van der Waals surface area contributed by atoms with Gasteiger partial charge in [-0.15, -0.1) is 11.8 Å². The Hall–Kier alpha value is -1.82. The second kappa shape index (κ2) is 6.20. The molecule has 2 rings (SSSR count). The standard InChI is InChI=1S/C12H13N3O2S/c1-9-6-10(17-15-9)7-14-12(16)8-18-11-2-4-13-5-3-11/h2-6H,7-8H2,1H3,(H,14,16). The van der Waals surface area contributed by atoms with Crippen LogP contribution < -0.4 is 5.32 Å². The van der Waals surface area contributed by atoms with E-state index in [1.54, 1.807) is 18.5 Å². The number of pyridine rings is 1. The van der Waals surface area contributed by atoms with Crippen molar-refractivity contribution < 1.29 is 9.32 Å². The molecule has 0 unspecified atom stereocenters. The van der Waals surface area contributed by atoms with Gasteiger partial charge in [0.15, 0.2) is 5.76 Å². The van der Waals surface area contributed by atoms with E-state index in [1.807, 2.05) is 19.1 Å². The highest BCUT2D eigenvalue weighted by atomic mass is 32.2. The van der Waals surface area contributed by atoms with Gasteiger partial charge in [0.2, 0.25) is 5.91 Å². The first-order valence-corrected chi connectivity index (χ1v) is 6.44. The van der Waals surface area contributed by atoms with Crippen LogP contribution in [0.25, 0.3) is 0 Å². The highest BCUT2D eigenvalue weighted by Crippen LogP contribution is 2.15. The van der Waals surface area contributed by atoms with Crippen LogP contribution in [-0.2, 0) is 11.3 Å².